The predicted molar refractivity (Wildman–Crippen MR) is 79.2 cm³/mol. The number of pyridine rings is 1. The van der Waals surface area contributed by atoms with Gasteiger partial charge >= 0.3 is 0 Å². The van der Waals surface area contributed by atoms with E-state index in [2.05, 4.69) is 25.6 Å². The predicted octanol–water partition coefficient (Wildman–Crippen LogP) is 2.85. The van der Waals surface area contributed by atoms with Crippen molar-refractivity contribution in [3.05, 3.63) is 52.8 Å². The Bertz CT molecular complexity index is 760. The number of ketones is 1. The number of rotatable bonds is 4. The van der Waals surface area contributed by atoms with Crippen molar-refractivity contribution in [1.82, 2.24) is 4.98 Å². The summed E-state index contributed by atoms with van der Waals surface area (Å²) in [5.74, 6) is -0.129. The average molecular weight is 355 g/mol. The second-order valence-corrected chi connectivity index (χ2v) is 6.68. The summed E-state index contributed by atoms with van der Waals surface area (Å²) in [6.45, 7) is 1.42. The number of Topliss-reactive ketones (excluding diaryl/α,β-unsaturated/α-hetero) is 1. The Morgan fingerprint density at radius 3 is 2.65 bits per heavy atom. The second-order valence-electron chi connectivity index (χ2n) is 4.08. The molecular formula is C13H11BrN2O3S. The Hall–Kier alpha value is -1.73. The summed E-state index contributed by atoms with van der Waals surface area (Å²) in [7, 11) is -3.73. The van der Waals surface area contributed by atoms with Gasteiger partial charge in [0.15, 0.2) is 5.78 Å². The van der Waals surface area contributed by atoms with E-state index in [0.29, 0.717) is 15.7 Å². The molecular weight excluding hydrogens is 344 g/mol. The van der Waals surface area contributed by atoms with Crippen molar-refractivity contribution >= 4 is 37.4 Å². The Morgan fingerprint density at radius 1 is 1.25 bits per heavy atom. The summed E-state index contributed by atoms with van der Waals surface area (Å²) in [5, 5.41) is 0. The van der Waals surface area contributed by atoms with Crippen LogP contribution in [0, 0.1) is 0 Å². The highest BCUT2D eigenvalue weighted by Crippen LogP contribution is 2.19. The standard InChI is InChI=1S/C13H11BrN2O3S/c1-9(17)10-3-2-4-12(5-10)16-20(18,19)13-6-11(14)7-15-8-13/h2-8,16H,1H3. The number of halogens is 1. The van der Waals surface area contributed by atoms with E-state index >= 15 is 0 Å². The molecule has 0 spiro atoms. The molecule has 20 heavy (non-hydrogen) atoms. The number of aromatic nitrogens is 1. The van der Waals surface area contributed by atoms with Gasteiger partial charge in [-0.3, -0.25) is 14.5 Å². The lowest BCUT2D eigenvalue weighted by atomic mass is 10.1. The molecule has 5 nitrogen and oxygen atoms in total. The topological polar surface area (TPSA) is 76.1 Å². The number of nitrogens with one attached hydrogen (secondary N) is 1. The summed E-state index contributed by atoms with van der Waals surface area (Å²) >= 11 is 3.17. The molecule has 7 heteroatoms. The summed E-state index contributed by atoms with van der Waals surface area (Å²) in [5.41, 5.74) is 0.773. The van der Waals surface area contributed by atoms with Gasteiger partial charge in [-0.1, -0.05) is 12.1 Å². The van der Waals surface area contributed by atoms with Gasteiger partial charge in [0.25, 0.3) is 10.0 Å². The minimum absolute atomic E-state index is 0.0418. The Balaban J connectivity index is 2.33. The Kier molecular flexibility index (Phi) is 4.20. The van der Waals surface area contributed by atoms with E-state index in [0.717, 1.165) is 0 Å². The van der Waals surface area contributed by atoms with Gasteiger partial charge in [0.05, 0.1) is 0 Å². The van der Waals surface area contributed by atoms with Crippen molar-refractivity contribution in [3.8, 4) is 0 Å². The third kappa shape index (κ3) is 3.43. The lowest BCUT2D eigenvalue weighted by Crippen LogP contribution is -2.13. The molecule has 0 saturated carbocycles. The lowest BCUT2D eigenvalue weighted by Gasteiger charge is -2.08. The van der Waals surface area contributed by atoms with E-state index in [-0.39, 0.29) is 10.7 Å². The molecule has 0 unspecified atom stereocenters. The molecule has 0 amide bonds. The van der Waals surface area contributed by atoms with Crippen LogP contribution in [0.25, 0.3) is 0 Å². The fourth-order valence-electron chi connectivity index (χ4n) is 1.56. The molecule has 1 aromatic carbocycles. The second kappa shape index (κ2) is 5.72. The first-order chi connectivity index (χ1) is 9.38. The molecule has 0 atom stereocenters. The van der Waals surface area contributed by atoms with Crippen molar-refractivity contribution in [2.75, 3.05) is 4.72 Å². The number of nitrogens with zero attached hydrogens (tertiary/aromatic N) is 1. The van der Waals surface area contributed by atoms with Crippen molar-refractivity contribution in [3.63, 3.8) is 0 Å². The smallest absolute Gasteiger partial charge is 0.263 e. The molecule has 2 rings (SSSR count). The van der Waals surface area contributed by atoms with Crippen LogP contribution in [-0.4, -0.2) is 19.2 Å². The number of carbonyl (C=O) groups excluding carboxylic acids is 1. The molecule has 0 aliphatic carbocycles. The van der Waals surface area contributed by atoms with Crippen LogP contribution in [0.2, 0.25) is 0 Å². The van der Waals surface area contributed by atoms with E-state index in [1.807, 2.05) is 0 Å². The van der Waals surface area contributed by atoms with Crippen LogP contribution in [0.15, 0.2) is 52.1 Å². The fourth-order valence-corrected chi connectivity index (χ4v) is 3.11. The maximum atomic E-state index is 12.2. The number of anilines is 1. The highest BCUT2D eigenvalue weighted by Gasteiger charge is 2.15. The first-order valence-corrected chi connectivity index (χ1v) is 7.90. The molecule has 0 aliphatic rings. The molecule has 0 bridgehead atoms. The van der Waals surface area contributed by atoms with Gasteiger partial charge in [0.1, 0.15) is 4.90 Å². The number of benzene rings is 1. The zero-order valence-corrected chi connectivity index (χ0v) is 12.9. The molecule has 1 N–H and O–H groups in total. The average Bonchev–Trinajstić information content (AvgIpc) is 2.38. The van der Waals surface area contributed by atoms with Crippen LogP contribution in [0.5, 0.6) is 0 Å². The first kappa shape index (κ1) is 14.7. The third-order valence-electron chi connectivity index (χ3n) is 2.51. The molecule has 0 radical (unpaired) electrons. The number of carbonyl (C=O) groups is 1. The van der Waals surface area contributed by atoms with Crippen molar-refractivity contribution in [2.24, 2.45) is 0 Å². The summed E-state index contributed by atoms with van der Waals surface area (Å²) in [4.78, 5) is 15.1. The molecule has 1 heterocycles. The first-order valence-electron chi connectivity index (χ1n) is 5.63. The summed E-state index contributed by atoms with van der Waals surface area (Å²) in [6, 6.07) is 7.76. The highest BCUT2D eigenvalue weighted by molar-refractivity contribution is 9.10. The zero-order chi connectivity index (χ0) is 14.8. The van der Waals surface area contributed by atoms with Gasteiger partial charge in [-0.25, -0.2) is 8.42 Å². The minimum Gasteiger partial charge on any atom is -0.295 e. The number of hydrogen-bond donors (Lipinski definition) is 1. The van der Waals surface area contributed by atoms with Crippen molar-refractivity contribution in [2.45, 2.75) is 11.8 Å². The van der Waals surface area contributed by atoms with Gasteiger partial charge in [0.2, 0.25) is 0 Å². The zero-order valence-electron chi connectivity index (χ0n) is 10.5. The van der Waals surface area contributed by atoms with Gasteiger partial charge < -0.3 is 0 Å². The van der Waals surface area contributed by atoms with Crippen LogP contribution in [0.4, 0.5) is 5.69 Å². The van der Waals surface area contributed by atoms with Crippen LogP contribution in [-0.2, 0) is 10.0 Å². The van der Waals surface area contributed by atoms with Gasteiger partial charge in [-0.05, 0) is 41.1 Å². The van der Waals surface area contributed by atoms with Gasteiger partial charge in [0, 0.05) is 28.1 Å². The van der Waals surface area contributed by atoms with Gasteiger partial charge in [-0.15, -0.1) is 0 Å². The van der Waals surface area contributed by atoms with Crippen molar-refractivity contribution < 1.29 is 13.2 Å². The molecule has 0 fully saturated rings. The number of hydrogen-bond acceptors (Lipinski definition) is 4. The molecule has 0 saturated heterocycles. The quantitative estimate of drug-likeness (QED) is 0.856. The van der Waals surface area contributed by atoms with Crippen molar-refractivity contribution in [1.29, 1.82) is 0 Å². The Labute approximate surface area is 125 Å². The van der Waals surface area contributed by atoms with Crippen LogP contribution < -0.4 is 4.72 Å². The van der Waals surface area contributed by atoms with E-state index in [1.54, 1.807) is 18.2 Å². The number of sulfonamides is 1. The molecule has 1 aromatic heterocycles. The van der Waals surface area contributed by atoms with Crippen LogP contribution in [0.1, 0.15) is 17.3 Å². The monoisotopic (exact) mass is 354 g/mol. The SMILES string of the molecule is CC(=O)c1cccc(NS(=O)(=O)c2cncc(Br)c2)c1. The third-order valence-corrected chi connectivity index (χ3v) is 4.29. The molecule has 2 aromatic rings. The largest absolute Gasteiger partial charge is 0.295 e. The molecule has 104 valence electrons. The summed E-state index contributed by atoms with van der Waals surface area (Å²) in [6.07, 6.45) is 2.75. The van der Waals surface area contributed by atoms with Crippen LogP contribution in [0.3, 0.4) is 0 Å². The van der Waals surface area contributed by atoms with E-state index in [9.17, 15) is 13.2 Å². The summed E-state index contributed by atoms with van der Waals surface area (Å²) < 4.78 is 27.3. The minimum atomic E-state index is -3.73. The van der Waals surface area contributed by atoms with E-state index in [1.165, 1.54) is 31.5 Å². The lowest BCUT2D eigenvalue weighted by molar-refractivity contribution is 0.101. The van der Waals surface area contributed by atoms with E-state index < -0.39 is 10.0 Å². The maximum absolute atomic E-state index is 12.2. The van der Waals surface area contributed by atoms with Crippen LogP contribution >= 0.6 is 15.9 Å². The Morgan fingerprint density at radius 2 is 2.00 bits per heavy atom. The van der Waals surface area contributed by atoms with Gasteiger partial charge in [-0.2, -0.15) is 0 Å². The van der Waals surface area contributed by atoms with E-state index in [4.69, 9.17) is 0 Å². The molecule has 0 aliphatic heterocycles. The maximum Gasteiger partial charge on any atom is 0.263 e. The highest BCUT2D eigenvalue weighted by atomic mass is 79.9. The normalized spacial score (nSPS) is 11.1. The fraction of sp³-hybridized carbons (Fsp3) is 0.0769.